The van der Waals surface area contributed by atoms with Gasteiger partial charge in [0.15, 0.2) is 5.17 Å². The first-order valence-electron chi connectivity index (χ1n) is 10.1. The molecule has 1 N–H and O–H groups in total. The van der Waals surface area contributed by atoms with Crippen molar-refractivity contribution < 1.29 is 18.7 Å². The fourth-order valence-corrected chi connectivity index (χ4v) is 4.65. The Morgan fingerprint density at radius 3 is 2.77 bits per heavy atom. The molecule has 0 saturated heterocycles. The number of allylic oxidation sites excluding steroid dienone is 1. The molecule has 0 spiro atoms. The number of nitrogens with one attached hydrogen (secondary N) is 1. The van der Waals surface area contributed by atoms with E-state index in [4.69, 9.17) is 4.74 Å². The molecule has 158 valence electrons. The lowest BCUT2D eigenvalue weighted by Crippen LogP contribution is -2.38. The highest BCUT2D eigenvalue weighted by Crippen LogP contribution is 2.45. The number of thioether (sulfide) groups is 1. The Bertz CT molecular complexity index is 968. The molecule has 4 rings (SSSR count). The molecule has 1 amide bonds. The van der Waals surface area contributed by atoms with E-state index in [1.165, 1.54) is 24.9 Å². The van der Waals surface area contributed by atoms with Gasteiger partial charge < -0.3 is 15.0 Å². The van der Waals surface area contributed by atoms with Crippen molar-refractivity contribution >= 4 is 28.8 Å². The monoisotopic (exact) mass is 429 g/mol. The number of ether oxygens (including phenoxy) is 1. The van der Waals surface area contributed by atoms with E-state index in [1.807, 2.05) is 12.3 Å². The SMILES string of the molecule is CCC1=C(C(=O)OC)[C@@H](c2ccccc2F)N2C(CC(=O)NCC3CC3)=CSC2=N1. The molecule has 1 aromatic rings. The van der Waals surface area contributed by atoms with E-state index >= 15 is 0 Å². The molecule has 1 saturated carbocycles. The Morgan fingerprint density at radius 2 is 2.10 bits per heavy atom. The Balaban J connectivity index is 1.70. The maximum absolute atomic E-state index is 14.9. The second-order valence-corrected chi connectivity index (χ2v) is 8.38. The number of amides is 1. The van der Waals surface area contributed by atoms with Crippen molar-refractivity contribution in [3.8, 4) is 0 Å². The van der Waals surface area contributed by atoms with Crippen molar-refractivity contribution in [1.82, 2.24) is 10.2 Å². The van der Waals surface area contributed by atoms with Crippen molar-refractivity contribution in [2.75, 3.05) is 13.7 Å². The van der Waals surface area contributed by atoms with E-state index in [9.17, 15) is 14.0 Å². The topological polar surface area (TPSA) is 71.0 Å². The number of methoxy groups -OCH3 is 1. The number of amidine groups is 1. The molecule has 0 unspecified atom stereocenters. The van der Waals surface area contributed by atoms with Gasteiger partial charge in [-0.2, -0.15) is 0 Å². The van der Waals surface area contributed by atoms with Gasteiger partial charge >= 0.3 is 5.97 Å². The lowest BCUT2D eigenvalue weighted by atomic mass is 9.92. The van der Waals surface area contributed by atoms with Crippen molar-refractivity contribution in [1.29, 1.82) is 0 Å². The van der Waals surface area contributed by atoms with E-state index in [-0.39, 0.29) is 12.3 Å². The maximum Gasteiger partial charge on any atom is 0.338 e. The van der Waals surface area contributed by atoms with E-state index in [0.29, 0.717) is 46.6 Å². The van der Waals surface area contributed by atoms with Crippen molar-refractivity contribution in [3.05, 3.63) is 58.0 Å². The Kier molecular flexibility index (Phi) is 5.94. The van der Waals surface area contributed by atoms with Crippen LogP contribution < -0.4 is 5.32 Å². The number of hydrogen-bond acceptors (Lipinski definition) is 6. The number of fused-ring (bicyclic) bond motifs is 1. The van der Waals surface area contributed by atoms with Crippen LogP contribution in [0.4, 0.5) is 4.39 Å². The van der Waals surface area contributed by atoms with Crippen molar-refractivity contribution in [2.24, 2.45) is 10.9 Å². The number of esters is 1. The zero-order valence-electron chi connectivity index (χ0n) is 17.0. The number of aliphatic imine (C=N–C) groups is 1. The lowest BCUT2D eigenvalue weighted by molar-refractivity contribution is -0.136. The molecule has 0 bridgehead atoms. The highest BCUT2D eigenvalue weighted by molar-refractivity contribution is 8.16. The van der Waals surface area contributed by atoms with E-state index in [2.05, 4.69) is 10.3 Å². The fourth-order valence-electron chi connectivity index (χ4n) is 3.71. The number of carbonyl (C=O) groups excluding carboxylic acids is 2. The summed E-state index contributed by atoms with van der Waals surface area (Å²) < 4.78 is 19.9. The summed E-state index contributed by atoms with van der Waals surface area (Å²) in [6, 6.07) is 5.64. The minimum absolute atomic E-state index is 0.0906. The summed E-state index contributed by atoms with van der Waals surface area (Å²) in [5, 5.41) is 5.46. The predicted octanol–water partition coefficient (Wildman–Crippen LogP) is 3.88. The molecule has 1 fully saturated rings. The van der Waals surface area contributed by atoms with Crippen LogP contribution >= 0.6 is 11.8 Å². The van der Waals surface area contributed by atoms with Gasteiger partial charge in [0.05, 0.1) is 30.8 Å². The highest BCUT2D eigenvalue weighted by atomic mass is 32.2. The van der Waals surface area contributed by atoms with Gasteiger partial charge in [-0.25, -0.2) is 14.2 Å². The normalized spacial score (nSPS) is 20.5. The summed E-state index contributed by atoms with van der Waals surface area (Å²) in [7, 11) is 1.31. The molecular formula is C22H24FN3O3S. The summed E-state index contributed by atoms with van der Waals surface area (Å²) >= 11 is 1.38. The summed E-state index contributed by atoms with van der Waals surface area (Å²) in [6.45, 7) is 2.58. The standard InChI is InChI=1S/C22H24FN3O3S/c1-3-17-19(21(28)29-2)20(15-6-4-5-7-16(15)23)26-14(12-30-22(26)25-17)10-18(27)24-11-13-8-9-13/h4-7,12-13,20H,3,8-11H2,1-2H3,(H,24,27)/t20-/m1/s1. The number of nitrogens with zero attached hydrogens (tertiary/aromatic N) is 2. The first-order valence-corrected chi connectivity index (χ1v) is 11.0. The zero-order chi connectivity index (χ0) is 21.3. The van der Waals surface area contributed by atoms with Gasteiger partial charge in [0.1, 0.15) is 5.82 Å². The number of benzene rings is 1. The Hall–Kier alpha value is -2.61. The smallest absolute Gasteiger partial charge is 0.338 e. The van der Waals surface area contributed by atoms with Crippen LogP contribution in [0.2, 0.25) is 0 Å². The molecule has 6 nitrogen and oxygen atoms in total. The first kappa shape index (κ1) is 20.7. The second-order valence-electron chi connectivity index (χ2n) is 7.55. The molecule has 0 radical (unpaired) electrons. The van der Waals surface area contributed by atoms with Crippen LogP contribution in [0.1, 0.15) is 44.2 Å². The number of halogens is 1. The number of carbonyl (C=O) groups is 2. The molecule has 30 heavy (non-hydrogen) atoms. The first-order chi connectivity index (χ1) is 14.5. The third-order valence-corrected chi connectivity index (χ3v) is 6.34. The Labute approximate surface area is 179 Å². The molecule has 1 aromatic carbocycles. The minimum atomic E-state index is -0.737. The fraction of sp³-hybridized carbons (Fsp3) is 0.409. The van der Waals surface area contributed by atoms with Crippen LogP contribution in [-0.4, -0.2) is 35.6 Å². The average Bonchev–Trinajstić information content (AvgIpc) is 3.51. The van der Waals surface area contributed by atoms with E-state index in [0.717, 1.165) is 12.8 Å². The van der Waals surface area contributed by atoms with E-state index < -0.39 is 17.8 Å². The minimum Gasteiger partial charge on any atom is -0.466 e. The molecule has 1 aliphatic carbocycles. The van der Waals surface area contributed by atoms with Gasteiger partial charge in [-0.1, -0.05) is 36.9 Å². The third kappa shape index (κ3) is 4.01. The summed E-state index contributed by atoms with van der Waals surface area (Å²) in [4.78, 5) is 31.7. The summed E-state index contributed by atoms with van der Waals surface area (Å²) in [5.41, 5.74) is 1.92. The van der Waals surface area contributed by atoms with Crippen molar-refractivity contribution in [3.63, 3.8) is 0 Å². The van der Waals surface area contributed by atoms with Crippen molar-refractivity contribution in [2.45, 2.75) is 38.6 Å². The summed E-state index contributed by atoms with van der Waals surface area (Å²) in [6.07, 6.45) is 2.96. The Morgan fingerprint density at radius 1 is 1.33 bits per heavy atom. The molecule has 8 heteroatoms. The largest absolute Gasteiger partial charge is 0.466 e. The number of rotatable bonds is 7. The zero-order valence-corrected chi connectivity index (χ0v) is 17.8. The van der Waals surface area contributed by atoms with Crippen LogP contribution in [0.3, 0.4) is 0 Å². The van der Waals surface area contributed by atoms with Gasteiger partial charge in [0.2, 0.25) is 5.91 Å². The van der Waals surface area contributed by atoms with Crippen LogP contribution in [0.5, 0.6) is 0 Å². The lowest BCUT2D eigenvalue weighted by Gasteiger charge is -2.36. The second kappa shape index (κ2) is 8.63. The van der Waals surface area contributed by atoms with Gasteiger partial charge in [0, 0.05) is 17.8 Å². The highest BCUT2D eigenvalue weighted by Gasteiger charge is 2.42. The molecule has 2 heterocycles. The van der Waals surface area contributed by atoms with Crippen LogP contribution in [0.15, 0.2) is 51.6 Å². The molecule has 1 atom stereocenters. The quantitative estimate of drug-likeness (QED) is 0.666. The average molecular weight is 430 g/mol. The van der Waals surface area contributed by atoms with E-state index in [1.54, 1.807) is 23.1 Å². The molecule has 0 aromatic heterocycles. The van der Waals surface area contributed by atoms with Crippen LogP contribution in [0, 0.1) is 11.7 Å². The van der Waals surface area contributed by atoms with Gasteiger partial charge in [-0.3, -0.25) is 4.79 Å². The maximum atomic E-state index is 14.9. The third-order valence-electron chi connectivity index (χ3n) is 5.46. The number of hydrogen-bond donors (Lipinski definition) is 1. The summed E-state index contributed by atoms with van der Waals surface area (Å²) in [5.74, 6) is -0.473. The van der Waals surface area contributed by atoms with Gasteiger partial charge in [-0.15, -0.1) is 0 Å². The van der Waals surface area contributed by atoms with Crippen LogP contribution in [-0.2, 0) is 14.3 Å². The molecule has 2 aliphatic heterocycles. The van der Waals surface area contributed by atoms with Gasteiger partial charge in [-0.05, 0) is 36.7 Å². The van der Waals surface area contributed by atoms with Crippen LogP contribution in [0.25, 0.3) is 0 Å². The molecule has 3 aliphatic rings. The molecular weight excluding hydrogens is 405 g/mol. The van der Waals surface area contributed by atoms with Gasteiger partial charge in [0.25, 0.3) is 0 Å². The predicted molar refractivity (Wildman–Crippen MR) is 114 cm³/mol.